The average molecular weight is 519 g/mol. The highest BCUT2D eigenvalue weighted by Crippen LogP contribution is 2.31. The van der Waals surface area contributed by atoms with Crippen molar-refractivity contribution in [1.82, 2.24) is 9.62 Å². The Hall–Kier alpha value is -2.78. The summed E-state index contributed by atoms with van der Waals surface area (Å²) in [6.45, 7) is 7.88. The lowest BCUT2D eigenvalue weighted by atomic mass is 10.1. The third-order valence-electron chi connectivity index (χ3n) is 6.27. The van der Waals surface area contributed by atoms with Crippen LogP contribution in [0.25, 0.3) is 0 Å². The molecule has 8 nitrogen and oxygen atoms in total. The smallest absolute Gasteiger partial charge is 0.243 e. The molecule has 1 amide bonds. The lowest BCUT2D eigenvalue weighted by Crippen LogP contribution is -2.35. The van der Waals surface area contributed by atoms with Crippen LogP contribution < -0.4 is 19.5 Å². The van der Waals surface area contributed by atoms with E-state index in [-0.39, 0.29) is 23.3 Å². The van der Waals surface area contributed by atoms with E-state index in [1.807, 2.05) is 39.0 Å². The SMILES string of the molecule is CCOc1ccc(C(C)NC(=O)CCc2cc(S(=O)(=O)N3CCCCC3)ccc2OC)cc1OCC. The zero-order valence-electron chi connectivity index (χ0n) is 21.7. The summed E-state index contributed by atoms with van der Waals surface area (Å²) in [4.78, 5) is 13.0. The molecule has 198 valence electrons. The number of ether oxygens (including phenoxy) is 3. The second-order valence-electron chi connectivity index (χ2n) is 8.80. The Labute approximate surface area is 215 Å². The highest BCUT2D eigenvalue weighted by molar-refractivity contribution is 7.89. The quantitative estimate of drug-likeness (QED) is 0.445. The molecule has 3 rings (SSSR count). The molecule has 1 saturated heterocycles. The molecule has 0 spiro atoms. The van der Waals surface area contributed by atoms with Crippen molar-refractivity contribution in [2.24, 2.45) is 0 Å². The lowest BCUT2D eigenvalue weighted by Gasteiger charge is -2.26. The molecule has 1 heterocycles. The summed E-state index contributed by atoms with van der Waals surface area (Å²) in [6.07, 6.45) is 3.36. The number of hydrogen-bond acceptors (Lipinski definition) is 6. The number of nitrogens with zero attached hydrogens (tertiary/aromatic N) is 1. The number of rotatable bonds is 12. The normalized spacial score (nSPS) is 15.2. The van der Waals surface area contributed by atoms with E-state index in [1.165, 1.54) is 0 Å². The minimum Gasteiger partial charge on any atom is -0.496 e. The van der Waals surface area contributed by atoms with Crippen molar-refractivity contribution in [3.63, 3.8) is 0 Å². The summed E-state index contributed by atoms with van der Waals surface area (Å²) in [5.41, 5.74) is 1.60. The fourth-order valence-corrected chi connectivity index (χ4v) is 5.92. The van der Waals surface area contributed by atoms with Gasteiger partial charge in [0.05, 0.1) is 31.3 Å². The van der Waals surface area contributed by atoms with Crippen LogP contribution in [0.4, 0.5) is 0 Å². The summed E-state index contributed by atoms with van der Waals surface area (Å²) in [5, 5.41) is 3.02. The van der Waals surface area contributed by atoms with Crippen molar-refractivity contribution < 1.29 is 27.4 Å². The Morgan fingerprint density at radius 3 is 2.31 bits per heavy atom. The molecular formula is C27H38N2O6S. The van der Waals surface area contributed by atoms with Crippen molar-refractivity contribution in [2.45, 2.75) is 63.8 Å². The Morgan fingerprint density at radius 1 is 0.972 bits per heavy atom. The zero-order valence-corrected chi connectivity index (χ0v) is 22.5. The second kappa shape index (κ2) is 13.0. The first kappa shape index (κ1) is 27.8. The Morgan fingerprint density at radius 2 is 1.64 bits per heavy atom. The van der Waals surface area contributed by atoms with E-state index in [2.05, 4.69) is 5.32 Å². The molecule has 2 aromatic rings. The molecule has 1 N–H and O–H groups in total. The van der Waals surface area contributed by atoms with Gasteiger partial charge in [-0.15, -0.1) is 0 Å². The highest BCUT2D eigenvalue weighted by Gasteiger charge is 2.26. The van der Waals surface area contributed by atoms with Crippen LogP contribution in [0.5, 0.6) is 17.2 Å². The maximum absolute atomic E-state index is 13.1. The van der Waals surface area contributed by atoms with Crippen LogP contribution >= 0.6 is 0 Å². The number of hydrogen-bond donors (Lipinski definition) is 1. The topological polar surface area (TPSA) is 94.2 Å². The van der Waals surface area contributed by atoms with E-state index in [4.69, 9.17) is 14.2 Å². The molecule has 1 aliphatic rings. The van der Waals surface area contributed by atoms with Crippen molar-refractivity contribution >= 4 is 15.9 Å². The van der Waals surface area contributed by atoms with E-state index in [0.29, 0.717) is 55.5 Å². The minimum atomic E-state index is -3.56. The maximum atomic E-state index is 13.1. The number of benzene rings is 2. The molecule has 36 heavy (non-hydrogen) atoms. The molecule has 0 bridgehead atoms. The summed E-state index contributed by atoms with van der Waals surface area (Å²) < 4.78 is 44.5. The van der Waals surface area contributed by atoms with Crippen molar-refractivity contribution in [2.75, 3.05) is 33.4 Å². The summed E-state index contributed by atoms with van der Waals surface area (Å²) in [7, 11) is -2.02. The zero-order chi connectivity index (χ0) is 26.1. The van der Waals surface area contributed by atoms with E-state index >= 15 is 0 Å². The van der Waals surface area contributed by atoms with Crippen LogP contribution in [0.15, 0.2) is 41.3 Å². The molecule has 2 aromatic carbocycles. The van der Waals surface area contributed by atoms with Gasteiger partial charge in [0.25, 0.3) is 0 Å². The van der Waals surface area contributed by atoms with Crippen LogP contribution in [-0.2, 0) is 21.2 Å². The van der Waals surface area contributed by atoms with Gasteiger partial charge in [-0.25, -0.2) is 8.42 Å². The Balaban J connectivity index is 1.67. The number of amides is 1. The first-order valence-electron chi connectivity index (χ1n) is 12.7. The van der Waals surface area contributed by atoms with Crippen molar-refractivity contribution in [3.05, 3.63) is 47.5 Å². The molecule has 0 saturated carbocycles. The molecule has 1 aliphatic heterocycles. The molecular weight excluding hydrogens is 480 g/mol. The van der Waals surface area contributed by atoms with Gasteiger partial charge in [0.1, 0.15) is 5.75 Å². The standard InChI is InChI=1S/C27H38N2O6S/c1-5-34-25-13-10-21(19-26(25)35-6-2)20(3)28-27(30)15-11-22-18-23(12-14-24(22)33-4)36(31,32)29-16-8-7-9-17-29/h10,12-14,18-20H,5-9,11,15-17H2,1-4H3,(H,28,30). The molecule has 1 unspecified atom stereocenters. The van der Waals surface area contributed by atoms with E-state index in [0.717, 1.165) is 24.8 Å². The predicted molar refractivity (Wildman–Crippen MR) is 139 cm³/mol. The van der Waals surface area contributed by atoms with Gasteiger partial charge in [0.15, 0.2) is 11.5 Å². The summed E-state index contributed by atoms with van der Waals surface area (Å²) in [6, 6.07) is 10.3. The Bertz CT molecular complexity index is 1130. The maximum Gasteiger partial charge on any atom is 0.243 e. The number of aryl methyl sites for hydroxylation is 1. The monoisotopic (exact) mass is 518 g/mol. The fraction of sp³-hybridized carbons (Fsp3) is 0.519. The molecule has 9 heteroatoms. The van der Waals surface area contributed by atoms with Gasteiger partial charge in [-0.3, -0.25) is 4.79 Å². The largest absolute Gasteiger partial charge is 0.496 e. The number of carbonyl (C=O) groups is 1. The number of carbonyl (C=O) groups excluding carboxylic acids is 1. The van der Waals surface area contributed by atoms with E-state index in [9.17, 15) is 13.2 Å². The molecule has 0 radical (unpaired) electrons. The number of nitrogens with one attached hydrogen (secondary N) is 1. The molecule has 0 aromatic heterocycles. The third-order valence-corrected chi connectivity index (χ3v) is 8.17. The van der Waals surface area contributed by atoms with E-state index < -0.39 is 10.0 Å². The van der Waals surface area contributed by atoms with Crippen molar-refractivity contribution in [3.8, 4) is 17.2 Å². The van der Waals surface area contributed by atoms with Gasteiger partial charge in [-0.2, -0.15) is 4.31 Å². The van der Waals surface area contributed by atoms with Crippen LogP contribution in [-0.4, -0.2) is 52.0 Å². The van der Waals surface area contributed by atoms with Gasteiger partial charge < -0.3 is 19.5 Å². The van der Waals surface area contributed by atoms with Gasteiger partial charge in [-0.1, -0.05) is 12.5 Å². The Kier molecular flexibility index (Phi) is 10.0. The van der Waals surface area contributed by atoms with Crippen LogP contribution in [0.3, 0.4) is 0 Å². The van der Waals surface area contributed by atoms with E-state index in [1.54, 1.807) is 29.6 Å². The predicted octanol–water partition coefficient (Wildman–Crippen LogP) is 4.48. The summed E-state index contributed by atoms with van der Waals surface area (Å²) in [5.74, 6) is 1.75. The third kappa shape index (κ3) is 6.91. The average Bonchev–Trinajstić information content (AvgIpc) is 2.89. The first-order valence-corrected chi connectivity index (χ1v) is 14.1. The van der Waals surface area contributed by atoms with Gasteiger partial charge >= 0.3 is 0 Å². The van der Waals surface area contributed by atoms with Gasteiger partial charge in [0.2, 0.25) is 15.9 Å². The molecule has 1 atom stereocenters. The van der Waals surface area contributed by atoms with Crippen LogP contribution in [0.2, 0.25) is 0 Å². The summed E-state index contributed by atoms with van der Waals surface area (Å²) >= 11 is 0. The van der Waals surface area contributed by atoms with Crippen LogP contribution in [0, 0.1) is 0 Å². The minimum absolute atomic E-state index is 0.138. The first-order chi connectivity index (χ1) is 17.3. The highest BCUT2D eigenvalue weighted by atomic mass is 32.2. The molecule has 0 aliphatic carbocycles. The fourth-order valence-electron chi connectivity index (χ4n) is 4.35. The number of piperidine rings is 1. The van der Waals surface area contributed by atoms with Crippen molar-refractivity contribution in [1.29, 1.82) is 0 Å². The molecule has 1 fully saturated rings. The number of methoxy groups -OCH3 is 1. The second-order valence-corrected chi connectivity index (χ2v) is 10.7. The number of sulfonamides is 1. The lowest BCUT2D eigenvalue weighted by molar-refractivity contribution is -0.121. The van der Waals surface area contributed by atoms with Gasteiger partial charge in [-0.05, 0) is 81.5 Å². The van der Waals surface area contributed by atoms with Gasteiger partial charge in [0, 0.05) is 19.5 Å². The van der Waals surface area contributed by atoms with Crippen LogP contribution in [0.1, 0.15) is 63.6 Å².